The Kier molecular flexibility index (Phi) is 6.58. The first-order valence-electron chi connectivity index (χ1n) is 3.16. The third kappa shape index (κ3) is 6.14. The normalized spacial score (nSPS) is 12.1. The molecular formula is C6H10O7S. The van der Waals surface area contributed by atoms with Gasteiger partial charge in [-0.1, -0.05) is 0 Å². The summed E-state index contributed by atoms with van der Waals surface area (Å²) in [5.41, 5.74) is 0. The minimum atomic E-state index is -4.84. The lowest BCUT2D eigenvalue weighted by molar-refractivity contribution is -0.143. The van der Waals surface area contributed by atoms with Crippen LogP contribution in [0.15, 0.2) is 13.2 Å². The Balaban J connectivity index is 0. The zero-order chi connectivity index (χ0) is 11.9. The van der Waals surface area contributed by atoms with Crippen molar-refractivity contribution in [2.45, 2.75) is 11.7 Å². The molecule has 0 bridgehead atoms. The lowest BCUT2D eigenvalue weighted by atomic mass is 10.3. The molecule has 0 aromatic carbocycles. The van der Waals surface area contributed by atoms with Crippen LogP contribution < -0.4 is 0 Å². The summed E-state index contributed by atoms with van der Waals surface area (Å²) in [6.45, 7) is 6.00. The highest BCUT2D eigenvalue weighted by Gasteiger charge is 2.33. The summed E-state index contributed by atoms with van der Waals surface area (Å²) >= 11 is 0. The summed E-state index contributed by atoms with van der Waals surface area (Å²) in [6, 6.07) is 0. The molecule has 1 unspecified atom stereocenters. The van der Waals surface area contributed by atoms with Gasteiger partial charge in [0.2, 0.25) is 0 Å². The van der Waals surface area contributed by atoms with E-state index in [1.165, 1.54) is 0 Å². The summed E-state index contributed by atoms with van der Waals surface area (Å²) in [5.74, 6) is -3.50. The molecule has 0 amide bonds. The monoisotopic (exact) mass is 226 g/mol. The van der Waals surface area contributed by atoms with Crippen LogP contribution in [0.4, 0.5) is 0 Å². The summed E-state index contributed by atoms with van der Waals surface area (Å²) in [7, 11) is -4.84. The smallest absolute Gasteiger partial charge is 0.325 e. The van der Waals surface area contributed by atoms with E-state index in [4.69, 9.17) is 14.8 Å². The molecule has 8 heteroatoms. The standard InChI is InChI=1S/C4H6O7S.C2H4/c5-3(6)1-2(4(7)8)12(9,10)11;1-2/h2H,1H2,(H,5,6)(H,7,8)(H,9,10,11);1-2H2. The van der Waals surface area contributed by atoms with Crippen molar-refractivity contribution in [3.63, 3.8) is 0 Å². The Morgan fingerprint density at radius 3 is 1.64 bits per heavy atom. The zero-order valence-electron chi connectivity index (χ0n) is 7.08. The van der Waals surface area contributed by atoms with E-state index in [0.29, 0.717) is 0 Å². The molecule has 0 saturated carbocycles. The molecule has 82 valence electrons. The second kappa shape index (κ2) is 6.11. The minimum Gasteiger partial charge on any atom is -0.481 e. The number of carboxylic acids is 2. The fraction of sp³-hybridized carbons (Fsp3) is 0.333. The zero-order valence-corrected chi connectivity index (χ0v) is 7.90. The van der Waals surface area contributed by atoms with Crippen LogP contribution in [0.25, 0.3) is 0 Å². The Morgan fingerprint density at radius 2 is 1.57 bits per heavy atom. The van der Waals surface area contributed by atoms with Gasteiger partial charge in [-0.15, -0.1) is 13.2 Å². The number of rotatable bonds is 4. The van der Waals surface area contributed by atoms with Crippen molar-refractivity contribution in [3.05, 3.63) is 13.2 Å². The second-order valence-electron chi connectivity index (χ2n) is 1.94. The van der Waals surface area contributed by atoms with Crippen LogP contribution in [0.3, 0.4) is 0 Å². The Labute approximate surface area is 80.4 Å². The highest BCUT2D eigenvalue weighted by molar-refractivity contribution is 7.87. The van der Waals surface area contributed by atoms with Gasteiger partial charge in [-0.05, 0) is 0 Å². The van der Waals surface area contributed by atoms with E-state index >= 15 is 0 Å². The number of hydrogen-bond acceptors (Lipinski definition) is 4. The molecule has 7 nitrogen and oxygen atoms in total. The average molecular weight is 226 g/mol. The molecule has 0 aromatic heterocycles. The quantitative estimate of drug-likeness (QED) is 0.439. The maximum Gasteiger partial charge on any atom is 0.325 e. The van der Waals surface area contributed by atoms with Crippen molar-refractivity contribution in [3.8, 4) is 0 Å². The Hall–Kier alpha value is -1.41. The largest absolute Gasteiger partial charge is 0.481 e. The van der Waals surface area contributed by atoms with Crippen LogP contribution in [0.5, 0.6) is 0 Å². The molecule has 0 spiro atoms. The highest BCUT2D eigenvalue weighted by Crippen LogP contribution is 2.04. The van der Waals surface area contributed by atoms with Gasteiger partial charge in [0.25, 0.3) is 10.1 Å². The molecular weight excluding hydrogens is 216 g/mol. The fourth-order valence-electron chi connectivity index (χ4n) is 0.479. The van der Waals surface area contributed by atoms with Crippen molar-refractivity contribution in [1.82, 2.24) is 0 Å². The van der Waals surface area contributed by atoms with E-state index in [1.54, 1.807) is 0 Å². The van der Waals surface area contributed by atoms with Gasteiger partial charge in [-0.2, -0.15) is 8.42 Å². The summed E-state index contributed by atoms with van der Waals surface area (Å²) in [6.07, 6.45) is -1.16. The number of carbonyl (C=O) groups is 2. The molecule has 0 aliphatic carbocycles. The van der Waals surface area contributed by atoms with Crippen molar-refractivity contribution in [2.75, 3.05) is 0 Å². The first kappa shape index (κ1) is 15.1. The van der Waals surface area contributed by atoms with Gasteiger partial charge in [0.15, 0.2) is 5.25 Å². The Morgan fingerprint density at radius 1 is 1.21 bits per heavy atom. The van der Waals surface area contributed by atoms with Crippen LogP contribution >= 0.6 is 0 Å². The van der Waals surface area contributed by atoms with E-state index in [0.717, 1.165) is 0 Å². The van der Waals surface area contributed by atoms with E-state index < -0.39 is 33.7 Å². The van der Waals surface area contributed by atoms with Crippen molar-refractivity contribution < 1.29 is 32.8 Å². The van der Waals surface area contributed by atoms with Gasteiger partial charge in [-0.3, -0.25) is 14.1 Å². The first-order chi connectivity index (χ1) is 6.25. The van der Waals surface area contributed by atoms with Gasteiger partial charge in [0.05, 0.1) is 6.42 Å². The van der Waals surface area contributed by atoms with Crippen LogP contribution in [0.2, 0.25) is 0 Å². The van der Waals surface area contributed by atoms with Crippen LogP contribution in [0.1, 0.15) is 6.42 Å². The van der Waals surface area contributed by atoms with Gasteiger partial charge in [0, 0.05) is 0 Å². The SMILES string of the molecule is C=C.O=C(O)CC(C(=O)O)S(=O)(=O)O. The lowest BCUT2D eigenvalue weighted by Crippen LogP contribution is -2.31. The minimum absolute atomic E-state index is 1.16. The molecule has 1 atom stereocenters. The first-order valence-corrected chi connectivity index (χ1v) is 4.66. The lowest BCUT2D eigenvalue weighted by Gasteiger charge is -2.04. The molecule has 14 heavy (non-hydrogen) atoms. The molecule has 0 fully saturated rings. The van der Waals surface area contributed by atoms with Crippen LogP contribution in [0, 0.1) is 0 Å². The van der Waals surface area contributed by atoms with Crippen LogP contribution in [-0.2, 0) is 19.7 Å². The van der Waals surface area contributed by atoms with Gasteiger partial charge < -0.3 is 10.2 Å². The van der Waals surface area contributed by atoms with Gasteiger partial charge >= 0.3 is 11.9 Å². The van der Waals surface area contributed by atoms with E-state index in [9.17, 15) is 18.0 Å². The second-order valence-corrected chi connectivity index (χ2v) is 3.54. The topological polar surface area (TPSA) is 129 Å². The van der Waals surface area contributed by atoms with E-state index in [1.807, 2.05) is 0 Å². The van der Waals surface area contributed by atoms with Crippen LogP contribution in [-0.4, -0.2) is 40.4 Å². The predicted octanol–water partition coefficient (Wildman–Crippen LogP) is -0.396. The molecule has 0 aliphatic rings. The highest BCUT2D eigenvalue weighted by atomic mass is 32.2. The maximum absolute atomic E-state index is 10.2. The van der Waals surface area contributed by atoms with Crippen molar-refractivity contribution in [2.24, 2.45) is 0 Å². The fourth-order valence-corrected chi connectivity index (χ4v) is 1.09. The molecule has 0 saturated heterocycles. The molecule has 0 radical (unpaired) electrons. The average Bonchev–Trinajstić information content (AvgIpc) is 2.01. The molecule has 0 aromatic rings. The summed E-state index contributed by atoms with van der Waals surface area (Å²) < 4.78 is 28.7. The number of aliphatic carboxylic acids is 2. The molecule has 0 rings (SSSR count). The maximum atomic E-state index is 10.2. The predicted molar refractivity (Wildman–Crippen MR) is 46.5 cm³/mol. The van der Waals surface area contributed by atoms with Gasteiger partial charge in [0.1, 0.15) is 0 Å². The van der Waals surface area contributed by atoms with E-state index in [-0.39, 0.29) is 0 Å². The molecule has 3 N–H and O–H groups in total. The van der Waals surface area contributed by atoms with Crippen molar-refractivity contribution >= 4 is 22.1 Å². The van der Waals surface area contributed by atoms with Crippen molar-refractivity contribution in [1.29, 1.82) is 0 Å². The third-order valence-corrected chi connectivity index (χ3v) is 2.08. The Bertz CT molecular complexity index is 304. The number of hydrogen-bond donors (Lipinski definition) is 3. The number of carboxylic acid groups (broad SMARTS) is 2. The van der Waals surface area contributed by atoms with Gasteiger partial charge in [-0.25, -0.2) is 0 Å². The van der Waals surface area contributed by atoms with E-state index in [2.05, 4.69) is 13.2 Å². The molecule has 0 aliphatic heterocycles. The molecule has 0 heterocycles. The summed E-state index contributed by atoms with van der Waals surface area (Å²) in [5, 5.41) is 13.9. The third-order valence-electron chi connectivity index (χ3n) is 0.995. The summed E-state index contributed by atoms with van der Waals surface area (Å²) in [4.78, 5) is 20.0.